The van der Waals surface area contributed by atoms with Gasteiger partial charge in [-0.1, -0.05) is 13.0 Å². The minimum absolute atomic E-state index is 0.197. The fraction of sp³-hybridized carbons (Fsp3) is 0.467. The molecule has 104 valence electrons. The van der Waals surface area contributed by atoms with E-state index in [1.54, 1.807) is 11.3 Å². The van der Waals surface area contributed by atoms with Crippen molar-refractivity contribution in [1.82, 2.24) is 4.90 Å². The van der Waals surface area contributed by atoms with Crippen LogP contribution in [0.4, 0.5) is 0 Å². The van der Waals surface area contributed by atoms with Crippen LogP contribution in [0.1, 0.15) is 29.8 Å². The van der Waals surface area contributed by atoms with Crippen LogP contribution >= 0.6 is 22.7 Å². The second kappa shape index (κ2) is 7.20. The molecule has 2 unspecified atom stereocenters. The van der Waals surface area contributed by atoms with Crippen LogP contribution in [0.15, 0.2) is 34.3 Å². The topological polar surface area (TPSA) is 29.3 Å². The molecule has 2 aromatic heterocycles. The molecule has 2 aromatic rings. The first-order chi connectivity index (χ1) is 9.22. The lowest BCUT2D eigenvalue weighted by atomic mass is 9.99. The summed E-state index contributed by atoms with van der Waals surface area (Å²) in [7, 11) is 2.19. The molecule has 19 heavy (non-hydrogen) atoms. The zero-order valence-electron chi connectivity index (χ0n) is 11.6. The summed E-state index contributed by atoms with van der Waals surface area (Å²) in [5.74, 6) is 0. The molecule has 0 bridgehead atoms. The fourth-order valence-corrected chi connectivity index (χ4v) is 3.76. The fourth-order valence-electron chi connectivity index (χ4n) is 2.38. The summed E-state index contributed by atoms with van der Waals surface area (Å²) < 4.78 is 0. The van der Waals surface area contributed by atoms with Gasteiger partial charge >= 0.3 is 0 Å². The van der Waals surface area contributed by atoms with E-state index in [-0.39, 0.29) is 6.04 Å². The predicted octanol–water partition coefficient (Wildman–Crippen LogP) is 3.76. The Balaban J connectivity index is 2.01. The van der Waals surface area contributed by atoms with Crippen LogP contribution in [0, 0.1) is 0 Å². The zero-order chi connectivity index (χ0) is 13.7. The van der Waals surface area contributed by atoms with Gasteiger partial charge in [-0.3, -0.25) is 4.90 Å². The van der Waals surface area contributed by atoms with Gasteiger partial charge in [-0.15, -0.1) is 11.3 Å². The van der Waals surface area contributed by atoms with Crippen molar-refractivity contribution in [1.29, 1.82) is 0 Å². The van der Waals surface area contributed by atoms with Crippen molar-refractivity contribution in [3.8, 4) is 0 Å². The molecular weight excluding hydrogens is 272 g/mol. The average Bonchev–Trinajstić information content (AvgIpc) is 3.09. The second-order valence-electron chi connectivity index (χ2n) is 4.88. The number of nitrogens with two attached hydrogens (primary N) is 1. The lowest BCUT2D eigenvalue weighted by Crippen LogP contribution is -2.39. The van der Waals surface area contributed by atoms with Crippen molar-refractivity contribution in [3.63, 3.8) is 0 Å². The summed E-state index contributed by atoms with van der Waals surface area (Å²) in [4.78, 5) is 3.84. The van der Waals surface area contributed by atoms with Crippen molar-refractivity contribution < 1.29 is 0 Å². The van der Waals surface area contributed by atoms with E-state index in [4.69, 9.17) is 5.73 Å². The second-order valence-corrected chi connectivity index (χ2v) is 6.70. The van der Waals surface area contributed by atoms with Crippen LogP contribution in [0.3, 0.4) is 0 Å². The molecule has 2 atom stereocenters. The molecule has 2 heterocycles. The Morgan fingerprint density at radius 2 is 2.16 bits per heavy atom. The number of hydrogen-bond donors (Lipinski definition) is 1. The average molecular weight is 294 g/mol. The molecule has 0 amide bonds. The van der Waals surface area contributed by atoms with Gasteiger partial charge in [-0.2, -0.15) is 11.3 Å². The van der Waals surface area contributed by atoms with Crippen molar-refractivity contribution in [2.24, 2.45) is 5.73 Å². The maximum absolute atomic E-state index is 6.32. The number of thiophene rings is 2. The molecule has 4 heteroatoms. The first kappa shape index (κ1) is 14.7. The van der Waals surface area contributed by atoms with Crippen LogP contribution in [-0.2, 0) is 6.42 Å². The van der Waals surface area contributed by atoms with E-state index < -0.39 is 0 Å². The predicted molar refractivity (Wildman–Crippen MR) is 86.0 cm³/mol. The molecule has 2 nitrogen and oxygen atoms in total. The molecule has 0 aliphatic carbocycles. The van der Waals surface area contributed by atoms with E-state index in [2.05, 4.69) is 53.2 Å². The largest absolute Gasteiger partial charge is 0.326 e. The quantitative estimate of drug-likeness (QED) is 0.842. The number of nitrogens with zero attached hydrogens (tertiary/aromatic N) is 1. The van der Waals surface area contributed by atoms with Crippen LogP contribution in [0.5, 0.6) is 0 Å². The van der Waals surface area contributed by atoms with Gasteiger partial charge in [-0.25, -0.2) is 0 Å². The van der Waals surface area contributed by atoms with Gasteiger partial charge in [0.1, 0.15) is 0 Å². The van der Waals surface area contributed by atoms with E-state index >= 15 is 0 Å². The van der Waals surface area contributed by atoms with Gasteiger partial charge in [0.05, 0.1) is 6.04 Å². The lowest BCUT2D eigenvalue weighted by Gasteiger charge is -2.32. The van der Waals surface area contributed by atoms with Crippen molar-refractivity contribution in [2.45, 2.75) is 31.8 Å². The zero-order valence-corrected chi connectivity index (χ0v) is 13.2. The van der Waals surface area contributed by atoms with E-state index in [0.717, 1.165) is 19.4 Å². The monoisotopic (exact) mass is 294 g/mol. The summed E-state index contributed by atoms with van der Waals surface area (Å²) in [5.41, 5.74) is 7.68. The Kier molecular flexibility index (Phi) is 5.58. The Bertz CT molecular complexity index is 450. The van der Waals surface area contributed by atoms with Gasteiger partial charge < -0.3 is 5.73 Å². The molecule has 0 spiro atoms. The highest BCUT2D eigenvalue weighted by atomic mass is 32.1. The SMILES string of the molecule is CCC(N)C(c1ccsc1)N(C)CCc1cccs1. The molecule has 2 rings (SSSR count). The molecule has 0 radical (unpaired) electrons. The highest BCUT2D eigenvalue weighted by molar-refractivity contribution is 7.09. The van der Waals surface area contributed by atoms with E-state index in [1.807, 2.05) is 11.3 Å². The van der Waals surface area contributed by atoms with Crippen LogP contribution in [-0.4, -0.2) is 24.5 Å². The first-order valence-electron chi connectivity index (χ1n) is 6.72. The molecule has 2 N–H and O–H groups in total. The number of hydrogen-bond acceptors (Lipinski definition) is 4. The summed E-state index contributed by atoms with van der Waals surface area (Å²) in [5, 5.41) is 6.50. The standard InChI is InChI=1S/C15H22N2S2/c1-3-14(16)15(12-7-10-18-11-12)17(2)8-6-13-5-4-9-19-13/h4-5,7,9-11,14-15H,3,6,8,16H2,1-2H3. The third-order valence-electron chi connectivity index (χ3n) is 3.53. The van der Waals surface area contributed by atoms with Gasteiger partial charge in [0.2, 0.25) is 0 Å². The molecule has 0 saturated heterocycles. The molecular formula is C15H22N2S2. The molecule has 0 aromatic carbocycles. The van der Waals surface area contributed by atoms with Gasteiger partial charge in [0, 0.05) is 17.5 Å². The molecule has 0 fully saturated rings. The molecule has 0 saturated carbocycles. The normalized spacial score (nSPS) is 14.7. The summed E-state index contributed by atoms with van der Waals surface area (Å²) in [6.45, 7) is 3.21. The van der Waals surface area contributed by atoms with Gasteiger partial charge in [0.25, 0.3) is 0 Å². The highest BCUT2D eigenvalue weighted by Crippen LogP contribution is 2.26. The van der Waals surface area contributed by atoms with Crippen molar-refractivity contribution in [3.05, 3.63) is 44.8 Å². The van der Waals surface area contributed by atoms with Crippen LogP contribution < -0.4 is 5.73 Å². The van der Waals surface area contributed by atoms with Crippen LogP contribution in [0.25, 0.3) is 0 Å². The summed E-state index contributed by atoms with van der Waals surface area (Å²) in [6.07, 6.45) is 2.11. The van der Waals surface area contributed by atoms with Crippen molar-refractivity contribution in [2.75, 3.05) is 13.6 Å². The third-order valence-corrected chi connectivity index (χ3v) is 5.17. The van der Waals surface area contributed by atoms with E-state index in [9.17, 15) is 0 Å². The summed E-state index contributed by atoms with van der Waals surface area (Å²) >= 11 is 3.58. The van der Waals surface area contributed by atoms with Crippen molar-refractivity contribution >= 4 is 22.7 Å². The van der Waals surface area contributed by atoms with Gasteiger partial charge in [0.15, 0.2) is 0 Å². The maximum atomic E-state index is 6.32. The van der Waals surface area contributed by atoms with E-state index in [0.29, 0.717) is 6.04 Å². The summed E-state index contributed by atoms with van der Waals surface area (Å²) in [6, 6.07) is 7.05. The molecule has 0 aliphatic heterocycles. The first-order valence-corrected chi connectivity index (χ1v) is 8.55. The maximum Gasteiger partial charge on any atom is 0.0504 e. The smallest absolute Gasteiger partial charge is 0.0504 e. The van der Waals surface area contributed by atoms with Crippen LogP contribution in [0.2, 0.25) is 0 Å². The Hall–Kier alpha value is -0.680. The number of likely N-dealkylation sites (N-methyl/N-ethyl adjacent to an activating group) is 1. The highest BCUT2D eigenvalue weighted by Gasteiger charge is 2.23. The number of rotatable bonds is 7. The Morgan fingerprint density at radius 1 is 1.32 bits per heavy atom. The van der Waals surface area contributed by atoms with Gasteiger partial charge in [-0.05, 0) is 53.7 Å². The lowest BCUT2D eigenvalue weighted by molar-refractivity contribution is 0.213. The minimum atomic E-state index is 0.197. The minimum Gasteiger partial charge on any atom is -0.326 e. The molecule has 0 aliphatic rings. The Morgan fingerprint density at radius 3 is 2.74 bits per heavy atom. The Labute approximate surface area is 123 Å². The van der Waals surface area contributed by atoms with E-state index in [1.165, 1.54) is 10.4 Å². The third kappa shape index (κ3) is 3.89.